The van der Waals surface area contributed by atoms with Crippen LogP contribution in [0.3, 0.4) is 0 Å². The van der Waals surface area contributed by atoms with Gasteiger partial charge in [-0.1, -0.05) is 178 Å². The second-order valence-corrected chi connectivity index (χ2v) is 16.7. The molecule has 0 radical (unpaired) electrons. The van der Waals surface area contributed by atoms with E-state index in [0.717, 1.165) is 11.4 Å². The summed E-state index contributed by atoms with van der Waals surface area (Å²) < 4.78 is 2.62. The van der Waals surface area contributed by atoms with Crippen LogP contribution in [0.1, 0.15) is 48.6 Å². The topological polar surface area (TPSA) is 3.24 Å². The molecule has 0 N–H and O–H groups in total. The Labute approximate surface area is 327 Å². The Morgan fingerprint density at radius 3 is 1.65 bits per heavy atom. The minimum absolute atomic E-state index is 0.0435. The highest BCUT2D eigenvalue weighted by molar-refractivity contribution is 7.26. The van der Waals surface area contributed by atoms with Gasteiger partial charge in [0.1, 0.15) is 0 Å². The average Bonchev–Trinajstić information content (AvgIpc) is 3.76. The van der Waals surface area contributed by atoms with Crippen LogP contribution in [-0.4, -0.2) is 0 Å². The van der Waals surface area contributed by atoms with Crippen LogP contribution in [0.2, 0.25) is 0 Å². The molecule has 0 spiro atoms. The zero-order valence-electron chi connectivity index (χ0n) is 31.3. The minimum atomic E-state index is -0.521. The van der Waals surface area contributed by atoms with Crippen LogP contribution in [0.5, 0.6) is 0 Å². The first-order chi connectivity index (χ1) is 26.9. The van der Waals surface area contributed by atoms with Crippen molar-refractivity contribution in [3.05, 3.63) is 222 Å². The first kappa shape index (κ1) is 33.4. The van der Waals surface area contributed by atoms with Gasteiger partial charge < -0.3 is 4.90 Å². The quantitative estimate of drug-likeness (QED) is 0.165. The van der Waals surface area contributed by atoms with Crippen molar-refractivity contribution in [1.29, 1.82) is 0 Å². The second kappa shape index (κ2) is 13.0. The lowest BCUT2D eigenvalue weighted by Gasteiger charge is -2.35. The second-order valence-electron chi connectivity index (χ2n) is 15.7. The van der Waals surface area contributed by atoms with E-state index in [4.69, 9.17) is 0 Å². The van der Waals surface area contributed by atoms with Crippen molar-refractivity contribution in [2.45, 2.75) is 31.6 Å². The lowest BCUT2D eigenvalue weighted by atomic mass is 9.67. The van der Waals surface area contributed by atoms with Crippen molar-refractivity contribution in [2.75, 3.05) is 4.90 Å². The van der Waals surface area contributed by atoms with E-state index in [0.29, 0.717) is 0 Å². The SMILES string of the molecule is CC(C)(C)c1ccc(N(c2ccc(-c3ccccc3)cc2)c2cc3c(c4sc5ccccc5c24)-c2ccccc2C3(c2ccccc2)c2ccccc2)cc1. The maximum Gasteiger partial charge on any atom is 0.0714 e. The number of hydrogen-bond acceptors (Lipinski definition) is 2. The van der Waals surface area contributed by atoms with Gasteiger partial charge >= 0.3 is 0 Å². The van der Waals surface area contributed by atoms with Gasteiger partial charge in [-0.2, -0.15) is 0 Å². The molecule has 9 aromatic rings. The van der Waals surface area contributed by atoms with Crippen LogP contribution < -0.4 is 4.90 Å². The lowest BCUT2D eigenvalue weighted by molar-refractivity contribution is 0.590. The van der Waals surface area contributed by atoms with Crippen molar-refractivity contribution in [3.8, 4) is 22.3 Å². The molecule has 0 amide bonds. The Morgan fingerprint density at radius 2 is 1.02 bits per heavy atom. The normalized spacial score (nSPS) is 13.1. The van der Waals surface area contributed by atoms with E-state index in [1.54, 1.807) is 0 Å². The Balaban J connectivity index is 1.33. The van der Waals surface area contributed by atoms with Crippen molar-refractivity contribution >= 4 is 48.6 Å². The molecule has 1 aromatic heterocycles. The lowest BCUT2D eigenvalue weighted by Crippen LogP contribution is -2.28. The van der Waals surface area contributed by atoms with Crippen LogP contribution in [0.4, 0.5) is 17.1 Å². The summed E-state index contributed by atoms with van der Waals surface area (Å²) in [5.41, 5.74) is 14.5. The first-order valence-electron chi connectivity index (χ1n) is 19.2. The van der Waals surface area contributed by atoms with E-state index in [-0.39, 0.29) is 5.41 Å². The largest absolute Gasteiger partial charge is 0.310 e. The van der Waals surface area contributed by atoms with E-state index in [1.807, 2.05) is 11.3 Å². The summed E-state index contributed by atoms with van der Waals surface area (Å²) in [5, 5.41) is 2.57. The average molecular weight is 724 g/mol. The van der Waals surface area contributed by atoms with Gasteiger partial charge in [-0.25, -0.2) is 0 Å². The van der Waals surface area contributed by atoms with Crippen LogP contribution in [-0.2, 0) is 10.8 Å². The Hall–Kier alpha value is -6.22. The highest BCUT2D eigenvalue weighted by Crippen LogP contribution is 2.61. The van der Waals surface area contributed by atoms with Crippen LogP contribution in [0.25, 0.3) is 42.4 Å². The van der Waals surface area contributed by atoms with Gasteiger partial charge in [0.15, 0.2) is 0 Å². The van der Waals surface area contributed by atoms with Gasteiger partial charge in [-0.15, -0.1) is 11.3 Å². The van der Waals surface area contributed by atoms with E-state index in [1.165, 1.54) is 75.9 Å². The predicted octanol–water partition coefficient (Wildman–Crippen LogP) is 14.9. The molecule has 1 aliphatic rings. The smallest absolute Gasteiger partial charge is 0.0714 e. The maximum atomic E-state index is 2.54. The van der Waals surface area contributed by atoms with Crippen LogP contribution in [0.15, 0.2) is 194 Å². The first-order valence-corrected chi connectivity index (χ1v) is 20.0. The number of fused-ring (bicyclic) bond motifs is 7. The van der Waals surface area contributed by atoms with E-state index in [2.05, 4.69) is 220 Å². The summed E-state index contributed by atoms with van der Waals surface area (Å²) in [7, 11) is 0. The van der Waals surface area contributed by atoms with E-state index >= 15 is 0 Å². The number of benzene rings is 8. The third-order valence-electron chi connectivity index (χ3n) is 11.5. The highest BCUT2D eigenvalue weighted by Gasteiger charge is 2.47. The van der Waals surface area contributed by atoms with Gasteiger partial charge in [-0.05, 0) is 86.3 Å². The van der Waals surface area contributed by atoms with Gasteiger partial charge in [0.2, 0.25) is 0 Å². The Kier molecular flexibility index (Phi) is 7.87. The summed E-state index contributed by atoms with van der Waals surface area (Å²) in [5.74, 6) is 0. The number of thiophene rings is 1. The molecular formula is C53H41NS. The molecule has 1 nitrogen and oxygen atoms in total. The summed E-state index contributed by atoms with van der Waals surface area (Å²) in [6.45, 7) is 6.86. The molecule has 0 saturated carbocycles. The molecule has 1 heterocycles. The molecule has 8 aromatic carbocycles. The summed E-state index contributed by atoms with van der Waals surface area (Å²) in [6.07, 6.45) is 0. The van der Waals surface area contributed by atoms with E-state index in [9.17, 15) is 0 Å². The molecule has 0 unspecified atom stereocenters. The molecule has 1 aliphatic carbocycles. The zero-order chi connectivity index (χ0) is 37.1. The standard InChI is InChI=1S/C53H41NS/c1-52(2,3)38-29-33-42(34-30-38)54(41-31-27-37(28-32-41)36-17-7-4-8-18-36)47-35-46-49(51-50(47)44-24-14-16-26-48(44)55-51)43-23-13-15-25-45(43)53(46,39-19-9-5-10-20-39)40-21-11-6-12-22-40/h4-35H,1-3H3. The summed E-state index contributed by atoms with van der Waals surface area (Å²) >= 11 is 1.92. The maximum absolute atomic E-state index is 2.54. The summed E-state index contributed by atoms with van der Waals surface area (Å²) in [4.78, 5) is 2.51. The molecule has 10 rings (SSSR count). The fourth-order valence-corrected chi connectivity index (χ4v) is 10.2. The number of nitrogens with zero attached hydrogens (tertiary/aromatic N) is 1. The van der Waals surface area contributed by atoms with E-state index < -0.39 is 5.41 Å². The zero-order valence-corrected chi connectivity index (χ0v) is 32.1. The van der Waals surface area contributed by atoms with Crippen LogP contribution >= 0.6 is 11.3 Å². The monoisotopic (exact) mass is 723 g/mol. The number of rotatable bonds is 6. The minimum Gasteiger partial charge on any atom is -0.310 e. The fraction of sp³-hybridized carbons (Fsp3) is 0.0943. The molecule has 0 saturated heterocycles. The molecule has 0 aliphatic heterocycles. The number of anilines is 3. The van der Waals surface area contributed by atoms with Crippen LogP contribution in [0, 0.1) is 0 Å². The van der Waals surface area contributed by atoms with Gasteiger partial charge in [0.05, 0.1) is 11.1 Å². The van der Waals surface area contributed by atoms with Crippen molar-refractivity contribution in [2.24, 2.45) is 0 Å². The molecule has 264 valence electrons. The fourth-order valence-electron chi connectivity index (χ4n) is 8.93. The molecule has 0 atom stereocenters. The molecule has 55 heavy (non-hydrogen) atoms. The van der Waals surface area contributed by atoms with Gasteiger partial charge in [0.25, 0.3) is 0 Å². The van der Waals surface area contributed by atoms with Crippen molar-refractivity contribution in [3.63, 3.8) is 0 Å². The summed E-state index contributed by atoms with van der Waals surface area (Å²) in [6, 6.07) is 72.0. The third-order valence-corrected chi connectivity index (χ3v) is 12.7. The van der Waals surface area contributed by atoms with Gasteiger partial charge in [0, 0.05) is 37.1 Å². The Bertz CT molecular complexity index is 2770. The Morgan fingerprint density at radius 1 is 0.491 bits per heavy atom. The van der Waals surface area contributed by atoms with Crippen molar-refractivity contribution in [1.82, 2.24) is 0 Å². The highest BCUT2D eigenvalue weighted by atomic mass is 32.1. The predicted molar refractivity (Wildman–Crippen MR) is 235 cm³/mol. The third kappa shape index (κ3) is 5.28. The molecular weight excluding hydrogens is 683 g/mol. The molecule has 0 bridgehead atoms. The van der Waals surface area contributed by atoms with Crippen molar-refractivity contribution < 1.29 is 0 Å². The molecule has 0 fully saturated rings. The molecule has 2 heteroatoms. The van der Waals surface area contributed by atoms with Gasteiger partial charge in [-0.3, -0.25) is 0 Å². The number of hydrogen-bond donors (Lipinski definition) is 0.